The number of hydrogen-bond acceptors (Lipinski definition) is 3. The van der Waals surface area contributed by atoms with Gasteiger partial charge < -0.3 is 0 Å². The van der Waals surface area contributed by atoms with Gasteiger partial charge in [0.1, 0.15) is 5.78 Å². The van der Waals surface area contributed by atoms with Crippen LogP contribution in [0.2, 0.25) is 0 Å². The second kappa shape index (κ2) is 4.27. The summed E-state index contributed by atoms with van der Waals surface area (Å²) < 4.78 is 0. The van der Waals surface area contributed by atoms with E-state index < -0.39 is 0 Å². The highest BCUT2D eigenvalue weighted by Crippen LogP contribution is 2.60. The summed E-state index contributed by atoms with van der Waals surface area (Å²) in [4.78, 5) is 17.6. The Hall–Kier alpha value is -1.48. The normalized spacial score (nSPS) is 27.5. The first-order valence-corrected chi connectivity index (χ1v) is 7.70. The highest BCUT2D eigenvalue weighted by atomic mass is 32.1. The molecule has 2 aliphatic carbocycles. The molecule has 0 saturated heterocycles. The average Bonchev–Trinajstić information content (AvgIpc) is 2.98. The van der Waals surface area contributed by atoms with E-state index in [0.717, 1.165) is 11.3 Å². The van der Waals surface area contributed by atoms with E-state index in [0.29, 0.717) is 24.0 Å². The van der Waals surface area contributed by atoms with E-state index in [4.69, 9.17) is 0 Å². The molecule has 1 fully saturated rings. The fraction of sp³-hybridized carbons (Fsp3) is 0.375. The number of aromatic nitrogens is 1. The fourth-order valence-corrected chi connectivity index (χ4v) is 4.23. The first-order chi connectivity index (χ1) is 9.34. The summed E-state index contributed by atoms with van der Waals surface area (Å²) in [5.74, 6) is 1.79. The van der Waals surface area contributed by atoms with Gasteiger partial charge in [0.25, 0.3) is 0 Å². The molecule has 96 valence electrons. The summed E-state index contributed by atoms with van der Waals surface area (Å²) >= 11 is 1.58. The van der Waals surface area contributed by atoms with Crippen LogP contribution in [0.1, 0.15) is 28.3 Å². The minimum absolute atomic E-state index is 0.269. The van der Waals surface area contributed by atoms with Crippen LogP contribution >= 0.6 is 11.3 Å². The van der Waals surface area contributed by atoms with Crippen LogP contribution in [0.3, 0.4) is 0 Å². The third kappa shape index (κ3) is 1.84. The molecular weight excluding hydrogens is 254 g/mol. The van der Waals surface area contributed by atoms with Gasteiger partial charge in [0.05, 0.1) is 5.51 Å². The number of nitrogens with zero attached hydrogens (tertiary/aromatic N) is 1. The van der Waals surface area contributed by atoms with Crippen molar-refractivity contribution in [2.24, 2.45) is 11.8 Å². The van der Waals surface area contributed by atoms with Crippen molar-refractivity contribution >= 4 is 17.1 Å². The maximum absolute atomic E-state index is 12.4. The van der Waals surface area contributed by atoms with E-state index in [-0.39, 0.29) is 5.92 Å². The maximum Gasteiger partial charge on any atom is 0.142 e. The number of fused-ring (bicyclic) bond motifs is 3. The third-order valence-corrected chi connectivity index (χ3v) is 5.31. The minimum Gasteiger partial charge on any atom is -0.299 e. The number of Topliss-reactive ketones (excluding diaryl/α,β-unsaturated/α-hetero) is 1. The molecule has 0 radical (unpaired) electrons. The number of ketones is 1. The Bertz CT molecular complexity index is 619. The fourth-order valence-electron chi connectivity index (χ4n) is 3.62. The van der Waals surface area contributed by atoms with Gasteiger partial charge in [-0.1, -0.05) is 24.3 Å². The molecule has 19 heavy (non-hydrogen) atoms. The predicted molar refractivity (Wildman–Crippen MR) is 75.3 cm³/mol. The zero-order valence-corrected chi connectivity index (χ0v) is 11.4. The molecule has 0 amide bonds. The van der Waals surface area contributed by atoms with E-state index in [2.05, 4.69) is 29.2 Å². The van der Waals surface area contributed by atoms with E-state index in [1.807, 2.05) is 6.20 Å². The van der Waals surface area contributed by atoms with Gasteiger partial charge in [0.15, 0.2) is 0 Å². The topological polar surface area (TPSA) is 30.0 Å². The Morgan fingerprint density at radius 2 is 2.26 bits per heavy atom. The van der Waals surface area contributed by atoms with Gasteiger partial charge in [-0.2, -0.15) is 0 Å². The number of hydrogen-bond donors (Lipinski definition) is 0. The number of aryl methyl sites for hydroxylation is 1. The monoisotopic (exact) mass is 269 g/mol. The Morgan fingerprint density at radius 1 is 1.37 bits per heavy atom. The number of carbonyl (C=O) groups is 1. The summed E-state index contributed by atoms with van der Waals surface area (Å²) in [7, 11) is 0. The van der Waals surface area contributed by atoms with Crippen LogP contribution in [0.4, 0.5) is 0 Å². The lowest BCUT2D eigenvalue weighted by molar-refractivity contribution is -0.119. The molecule has 1 aromatic heterocycles. The quantitative estimate of drug-likeness (QED) is 0.856. The van der Waals surface area contributed by atoms with Crippen LogP contribution in [-0.4, -0.2) is 10.8 Å². The van der Waals surface area contributed by atoms with E-state index in [9.17, 15) is 4.79 Å². The number of thiazole rings is 1. The van der Waals surface area contributed by atoms with Crippen LogP contribution in [0.25, 0.3) is 0 Å². The Morgan fingerprint density at radius 3 is 3.11 bits per heavy atom. The van der Waals surface area contributed by atoms with Gasteiger partial charge in [-0.15, -0.1) is 11.3 Å². The van der Waals surface area contributed by atoms with Crippen molar-refractivity contribution in [1.29, 1.82) is 0 Å². The van der Waals surface area contributed by atoms with Crippen molar-refractivity contribution in [2.45, 2.75) is 25.2 Å². The first kappa shape index (κ1) is 11.4. The zero-order chi connectivity index (χ0) is 12.8. The summed E-state index contributed by atoms with van der Waals surface area (Å²) in [5, 5.41) is 0. The van der Waals surface area contributed by atoms with Crippen LogP contribution in [-0.2, 0) is 17.6 Å². The first-order valence-electron chi connectivity index (χ1n) is 6.82. The zero-order valence-electron chi connectivity index (χ0n) is 10.6. The highest BCUT2D eigenvalue weighted by molar-refractivity contribution is 7.09. The van der Waals surface area contributed by atoms with E-state index in [1.54, 1.807) is 16.8 Å². The molecule has 0 N–H and O–H groups in total. The molecule has 0 bridgehead atoms. The number of rotatable bonds is 3. The summed E-state index contributed by atoms with van der Waals surface area (Å²) in [6.07, 6.45) is 4.72. The summed E-state index contributed by atoms with van der Waals surface area (Å²) in [6.45, 7) is 0. The lowest BCUT2D eigenvalue weighted by Gasteiger charge is -2.13. The van der Waals surface area contributed by atoms with Gasteiger partial charge >= 0.3 is 0 Å². The third-order valence-electron chi connectivity index (χ3n) is 4.53. The molecule has 4 rings (SSSR count). The van der Waals surface area contributed by atoms with Crippen LogP contribution in [0, 0.1) is 11.8 Å². The Balaban J connectivity index is 1.55. The van der Waals surface area contributed by atoms with Crippen LogP contribution in [0.5, 0.6) is 0 Å². The Kier molecular flexibility index (Phi) is 2.55. The van der Waals surface area contributed by atoms with Crippen LogP contribution < -0.4 is 0 Å². The largest absolute Gasteiger partial charge is 0.299 e. The van der Waals surface area contributed by atoms with Crippen molar-refractivity contribution in [2.75, 3.05) is 0 Å². The molecule has 1 saturated carbocycles. The molecule has 3 heteroatoms. The molecule has 2 aromatic rings. The second-order valence-electron chi connectivity index (χ2n) is 5.56. The van der Waals surface area contributed by atoms with Gasteiger partial charge in [0.2, 0.25) is 0 Å². The van der Waals surface area contributed by atoms with Gasteiger partial charge in [-0.3, -0.25) is 9.78 Å². The summed E-state index contributed by atoms with van der Waals surface area (Å²) in [5.41, 5.74) is 4.69. The number of carbonyl (C=O) groups excluding carboxylic acids is 1. The van der Waals surface area contributed by atoms with Crippen molar-refractivity contribution in [1.82, 2.24) is 4.98 Å². The van der Waals surface area contributed by atoms with Crippen molar-refractivity contribution < 1.29 is 4.79 Å². The number of benzene rings is 1. The van der Waals surface area contributed by atoms with Gasteiger partial charge in [0, 0.05) is 23.4 Å². The standard InChI is InChI=1S/C16H15NOS/c18-14(7-11-8-17-9-19-11)16-13-6-5-10-3-1-2-4-12(10)15(13)16/h1-4,8-9,13,15-16H,5-7H2. The molecule has 3 atom stereocenters. The smallest absolute Gasteiger partial charge is 0.142 e. The SMILES string of the molecule is O=C(Cc1cncs1)C1C2CCc3ccccc3C21. The van der Waals surface area contributed by atoms with Crippen LogP contribution in [0.15, 0.2) is 36.0 Å². The molecule has 0 spiro atoms. The van der Waals surface area contributed by atoms with Crippen molar-refractivity contribution in [3.8, 4) is 0 Å². The molecule has 0 aliphatic heterocycles. The minimum atomic E-state index is 0.269. The van der Waals surface area contributed by atoms with E-state index >= 15 is 0 Å². The lowest BCUT2D eigenvalue weighted by atomic mass is 9.92. The average molecular weight is 269 g/mol. The van der Waals surface area contributed by atoms with Crippen molar-refractivity contribution in [3.05, 3.63) is 52.0 Å². The molecule has 1 heterocycles. The molecule has 2 aliphatic rings. The molecular formula is C16H15NOS. The second-order valence-corrected chi connectivity index (χ2v) is 6.53. The van der Waals surface area contributed by atoms with Gasteiger partial charge in [-0.05, 0) is 35.8 Å². The lowest BCUT2D eigenvalue weighted by Crippen LogP contribution is -2.06. The van der Waals surface area contributed by atoms with E-state index in [1.165, 1.54) is 17.5 Å². The predicted octanol–water partition coefficient (Wildman–Crippen LogP) is 3.23. The maximum atomic E-state index is 12.4. The van der Waals surface area contributed by atoms with Gasteiger partial charge in [-0.25, -0.2) is 0 Å². The Labute approximate surface area is 116 Å². The molecule has 1 aromatic carbocycles. The highest BCUT2D eigenvalue weighted by Gasteiger charge is 2.56. The summed E-state index contributed by atoms with van der Waals surface area (Å²) in [6, 6.07) is 8.64. The molecule has 3 unspecified atom stereocenters. The van der Waals surface area contributed by atoms with Crippen molar-refractivity contribution in [3.63, 3.8) is 0 Å². The molecule has 2 nitrogen and oxygen atoms in total.